The summed E-state index contributed by atoms with van der Waals surface area (Å²) in [7, 11) is 0. The molecular weight excluding hydrogens is 439 g/mol. The van der Waals surface area contributed by atoms with Crippen LogP contribution in [0.2, 0.25) is 0 Å². The first kappa shape index (κ1) is 18.0. The molecule has 0 aliphatic rings. The van der Waals surface area contributed by atoms with Crippen LogP contribution in [0.3, 0.4) is 0 Å². The van der Waals surface area contributed by atoms with Crippen LogP contribution in [0.25, 0.3) is 0 Å². The Bertz CT molecular complexity index is 932. The topological polar surface area (TPSA) is 0 Å². The molecule has 0 saturated heterocycles. The molecule has 4 aromatic rings. The molecule has 134 valence electrons. The summed E-state index contributed by atoms with van der Waals surface area (Å²) in [6.07, 6.45) is 0. The van der Waals surface area contributed by atoms with E-state index in [-0.39, 0.29) is 27.1 Å². The molecule has 4 aromatic carbocycles. The summed E-state index contributed by atoms with van der Waals surface area (Å²) in [5.41, 5.74) is 5.35. The van der Waals surface area contributed by atoms with Crippen LogP contribution in [-0.4, -0.2) is 0 Å². The Labute approximate surface area is 172 Å². The van der Waals surface area contributed by atoms with Crippen molar-refractivity contribution in [1.29, 1.82) is 0 Å². The summed E-state index contributed by atoms with van der Waals surface area (Å²) in [5.74, 6) is 0.277. The standard InChI is InChI=1S/C26H22I/c1-20-12-16-24(17-13-20)27-25-18-14-23(15-19-25)26(21-8-4-2-5-9-21)22-10-6-3-7-11-22/h2-19,26H,1H3/q-1. The Balaban J connectivity index is 1.64. The van der Waals surface area contributed by atoms with Crippen LogP contribution < -0.4 is 21.2 Å². The molecule has 1 heteroatoms. The maximum atomic E-state index is 2.32. The normalized spacial score (nSPS) is 11.0. The van der Waals surface area contributed by atoms with Gasteiger partial charge in [-0.15, -0.1) is 0 Å². The van der Waals surface area contributed by atoms with Crippen molar-refractivity contribution >= 4 is 0 Å². The number of benzene rings is 4. The molecule has 0 N–H and O–H groups in total. The number of hydrogen-bond acceptors (Lipinski definition) is 0. The summed E-state index contributed by atoms with van der Waals surface area (Å²) in [6, 6.07) is 39.8. The third-order valence-corrected chi connectivity index (χ3v) is 7.38. The average molecular weight is 461 g/mol. The van der Waals surface area contributed by atoms with Crippen LogP contribution in [0.4, 0.5) is 0 Å². The summed E-state index contributed by atoms with van der Waals surface area (Å²) in [6.45, 7) is 2.14. The van der Waals surface area contributed by atoms with E-state index in [1.54, 1.807) is 0 Å². The molecule has 0 atom stereocenters. The van der Waals surface area contributed by atoms with Gasteiger partial charge in [-0.2, -0.15) is 0 Å². The quantitative estimate of drug-likeness (QED) is 0.316. The fraction of sp³-hybridized carbons (Fsp3) is 0.0769. The molecule has 0 unspecified atom stereocenters. The van der Waals surface area contributed by atoms with Gasteiger partial charge in [0.1, 0.15) is 0 Å². The zero-order chi connectivity index (χ0) is 18.5. The minimum absolute atomic E-state index is 0.127. The van der Waals surface area contributed by atoms with Crippen molar-refractivity contribution in [3.05, 3.63) is 139 Å². The third-order valence-electron chi connectivity index (χ3n) is 4.70. The number of aryl methyl sites for hydroxylation is 1. The van der Waals surface area contributed by atoms with E-state index >= 15 is 0 Å². The number of halogens is 1. The summed E-state index contributed by atoms with van der Waals surface area (Å²) < 4.78 is 2.93. The Morgan fingerprint density at radius 3 is 1.37 bits per heavy atom. The van der Waals surface area contributed by atoms with Crippen LogP contribution in [0.15, 0.2) is 109 Å². The van der Waals surface area contributed by atoms with Crippen molar-refractivity contribution in [3.8, 4) is 0 Å². The summed E-state index contributed by atoms with van der Waals surface area (Å²) in [4.78, 5) is 0. The van der Waals surface area contributed by atoms with Gasteiger partial charge in [-0.05, 0) is 0 Å². The summed E-state index contributed by atoms with van der Waals surface area (Å²) in [5, 5.41) is 0. The molecule has 27 heavy (non-hydrogen) atoms. The average Bonchev–Trinajstić information content (AvgIpc) is 2.73. The van der Waals surface area contributed by atoms with Gasteiger partial charge in [0.15, 0.2) is 0 Å². The van der Waals surface area contributed by atoms with Gasteiger partial charge in [0, 0.05) is 0 Å². The van der Waals surface area contributed by atoms with E-state index in [2.05, 4.69) is 116 Å². The second kappa shape index (κ2) is 8.53. The van der Waals surface area contributed by atoms with Crippen molar-refractivity contribution in [1.82, 2.24) is 0 Å². The second-order valence-corrected chi connectivity index (χ2v) is 9.73. The molecule has 0 nitrogen and oxygen atoms in total. The van der Waals surface area contributed by atoms with E-state index in [1.807, 2.05) is 0 Å². The van der Waals surface area contributed by atoms with E-state index in [9.17, 15) is 0 Å². The Morgan fingerprint density at radius 1 is 0.481 bits per heavy atom. The SMILES string of the molecule is Cc1ccc([I-]c2ccc(C(c3ccccc3)c3ccccc3)cc2)cc1. The van der Waals surface area contributed by atoms with Crippen LogP contribution in [0.5, 0.6) is 0 Å². The van der Waals surface area contributed by atoms with Crippen molar-refractivity contribution in [3.63, 3.8) is 0 Å². The van der Waals surface area contributed by atoms with E-state index in [0.717, 1.165) is 0 Å². The van der Waals surface area contributed by atoms with Gasteiger partial charge in [0.05, 0.1) is 0 Å². The first-order valence-electron chi connectivity index (χ1n) is 9.21. The fourth-order valence-corrected chi connectivity index (χ4v) is 5.47. The van der Waals surface area contributed by atoms with Gasteiger partial charge >= 0.3 is 173 Å². The van der Waals surface area contributed by atoms with E-state index in [1.165, 1.54) is 29.4 Å². The van der Waals surface area contributed by atoms with Gasteiger partial charge in [-0.25, -0.2) is 0 Å². The number of rotatable bonds is 5. The molecule has 0 aliphatic heterocycles. The van der Waals surface area contributed by atoms with Gasteiger partial charge in [0.25, 0.3) is 0 Å². The monoisotopic (exact) mass is 461 g/mol. The Hall–Kier alpha value is -2.39. The molecule has 4 rings (SSSR count). The molecule has 0 aromatic heterocycles. The predicted octanol–water partition coefficient (Wildman–Crippen LogP) is 3.30. The molecule has 0 amide bonds. The van der Waals surface area contributed by atoms with E-state index in [4.69, 9.17) is 0 Å². The molecule has 0 bridgehead atoms. The first-order chi connectivity index (χ1) is 13.3. The van der Waals surface area contributed by atoms with Gasteiger partial charge < -0.3 is 0 Å². The van der Waals surface area contributed by atoms with Crippen molar-refractivity contribution in [2.45, 2.75) is 12.8 Å². The van der Waals surface area contributed by atoms with E-state index in [0.29, 0.717) is 0 Å². The van der Waals surface area contributed by atoms with Crippen molar-refractivity contribution < 1.29 is 21.2 Å². The van der Waals surface area contributed by atoms with Crippen LogP contribution in [-0.2, 0) is 0 Å². The van der Waals surface area contributed by atoms with Crippen molar-refractivity contribution in [2.24, 2.45) is 0 Å². The second-order valence-electron chi connectivity index (χ2n) is 6.70. The third kappa shape index (κ3) is 4.48. The number of hydrogen-bond donors (Lipinski definition) is 0. The zero-order valence-electron chi connectivity index (χ0n) is 15.3. The fourth-order valence-electron chi connectivity index (χ4n) is 3.31. The molecule has 0 spiro atoms. The molecular formula is C26H22I-. The maximum absolute atomic E-state index is 2.32. The molecule has 0 aliphatic carbocycles. The van der Waals surface area contributed by atoms with Gasteiger partial charge in [0.2, 0.25) is 0 Å². The molecule has 0 heterocycles. The van der Waals surface area contributed by atoms with Crippen molar-refractivity contribution in [2.75, 3.05) is 0 Å². The Morgan fingerprint density at radius 2 is 0.889 bits per heavy atom. The predicted molar refractivity (Wildman–Crippen MR) is 109 cm³/mol. The summed E-state index contributed by atoms with van der Waals surface area (Å²) >= 11 is -0.127. The van der Waals surface area contributed by atoms with E-state index < -0.39 is 0 Å². The van der Waals surface area contributed by atoms with Gasteiger partial charge in [-0.3, -0.25) is 0 Å². The van der Waals surface area contributed by atoms with Gasteiger partial charge in [-0.1, -0.05) is 0 Å². The van der Waals surface area contributed by atoms with Crippen LogP contribution in [0, 0.1) is 14.1 Å². The van der Waals surface area contributed by atoms with Crippen LogP contribution in [0.1, 0.15) is 28.2 Å². The minimum atomic E-state index is -0.127. The zero-order valence-corrected chi connectivity index (χ0v) is 17.5. The molecule has 0 saturated carbocycles. The Kier molecular flexibility index (Phi) is 5.69. The van der Waals surface area contributed by atoms with Crippen LogP contribution >= 0.6 is 0 Å². The first-order valence-corrected chi connectivity index (χ1v) is 11.4. The molecule has 0 radical (unpaired) electrons. The molecule has 0 fully saturated rings.